The largest absolute Gasteiger partial charge is 0.462 e. The summed E-state index contributed by atoms with van der Waals surface area (Å²) in [5.41, 5.74) is 1.52. The van der Waals surface area contributed by atoms with Crippen LogP contribution in [0.2, 0.25) is 0 Å². The number of para-hydroxylation sites is 1. The Morgan fingerprint density at radius 3 is 2.07 bits per heavy atom. The smallest absolute Gasteiger partial charge is 0.338 e. The zero-order chi connectivity index (χ0) is 21.8. The molecule has 0 bridgehead atoms. The Kier molecular flexibility index (Phi) is 9.05. The van der Waals surface area contributed by atoms with Crippen LogP contribution in [0.5, 0.6) is 0 Å². The molecular weight excluding hydrogens is 388 g/mol. The molecule has 2 N–H and O–H groups in total. The minimum Gasteiger partial charge on any atom is -0.462 e. The maximum absolute atomic E-state index is 11.9. The van der Waals surface area contributed by atoms with Gasteiger partial charge >= 0.3 is 11.9 Å². The van der Waals surface area contributed by atoms with Crippen molar-refractivity contribution in [3.05, 3.63) is 60.2 Å². The summed E-state index contributed by atoms with van der Waals surface area (Å²) in [7, 11) is 0. The SMILES string of the molecule is CCOC(=O)c1ccc(NC(=O)COC(=O)CCCC(=O)Nc2ccccc2)cc1. The van der Waals surface area contributed by atoms with Crippen molar-refractivity contribution < 1.29 is 28.7 Å². The summed E-state index contributed by atoms with van der Waals surface area (Å²) in [6.07, 6.45) is 0.515. The van der Waals surface area contributed by atoms with Crippen LogP contribution in [-0.2, 0) is 23.9 Å². The lowest BCUT2D eigenvalue weighted by Gasteiger charge is -2.08. The summed E-state index contributed by atoms with van der Waals surface area (Å²) in [6.45, 7) is 1.56. The Labute approximate surface area is 174 Å². The topological polar surface area (TPSA) is 111 Å². The number of nitrogens with one attached hydrogen (secondary N) is 2. The van der Waals surface area contributed by atoms with Gasteiger partial charge in [-0.2, -0.15) is 0 Å². The molecule has 0 atom stereocenters. The number of hydrogen-bond donors (Lipinski definition) is 2. The average molecular weight is 412 g/mol. The maximum Gasteiger partial charge on any atom is 0.338 e. The highest BCUT2D eigenvalue weighted by Gasteiger charge is 2.11. The number of benzene rings is 2. The zero-order valence-electron chi connectivity index (χ0n) is 16.7. The lowest BCUT2D eigenvalue weighted by atomic mass is 10.2. The molecule has 0 aliphatic rings. The molecule has 0 saturated carbocycles. The van der Waals surface area contributed by atoms with E-state index in [2.05, 4.69) is 10.6 Å². The van der Waals surface area contributed by atoms with Crippen molar-refractivity contribution in [3.63, 3.8) is 0 Å². The van der Waals surface area contributed by atoms with Crippen molar-refractivity contribution >= 4 is 35.1 Å². The first-order chi connectivity index (χ1) is 14.5. The molecule has 0 aliphatic heterocycles. The summed E-state index contributed by atoms with van der Waals surface area (Å²) in [5.74, 6) is -1.70. The molecule has 0 aromatic heterocycles. The minimum absolute atomic E-state index is 0.0315. The lowest BCUT2D eigenvalue weighted by Crippen LogP contribution is -2.21. The molecule has 2 aromatic rings. The van der Waals surface area contributed by atoms with Gasteiger partial charge in [0.2, 0.25) is 5.91 Å². The molecule has 2 amide bonds. The van der Waals surface area contributed by atoms with Crippen LogP contribution in [0.3, 0.4) is 0 Å². The van der Waals surface area contributed by atoms with Gasteiger partial charge in [-0.1, -0.05) is 18.2 Å². The molecule has 2 rings (SSSR count). The molecule has 158 valence electrons. The summed E-state index contributed by atoms with van der Waals surface area (Å²) in [5, 5.41) is 5.29. The van der Waals surface area contributed by atoms with Gasteiger partial charge in [0.05, 0.1) is 12.2 Å². The van der Waals surface area contributed by atoms with Crippen molar-refractivity contribution in [2.45, 2.75) is 26.2 Å². The van der Waals surface area contributed by atoms with Gasteiger partial charge in [-0.05, 0) is 49.7 Å². The fourth-order valence-corrected chi connectivity index (χ4v) is 2.46. The van der Waals surface area contributed by atoms with Crippen LogP contribution in [0.4, 0.5) is 11.4 Å². The fraction of sp³-hybridized carbons (Fsp3) is 0.273. The maximum atomic E-state index is 11.9. The molecule has 2 aromatic carbocycles. The van der Waals surface area contributed by atoms with E-state index < -0.39 is 24.5 Å². The van der Waals surface area contributed by atoms with Gasteiger partial charge in [0.25, 0.3) is 5.91 Å². The van der Waals surface area contributed by atoms with E-state index in [0.29, 0.717) is 23.4 Å². The van der Waals surface area contributed by atoms with Crippen molar-refractivity contribution in [3.8, 4) is 0 Å². The van der Waals surface area contributed by atoms with Gasteiger partial charge in [0.1, 0.15) is 0 Å². The first-order valence-corrected chi connectivity index (χ1v) is 9.55. The van der Waals surface area contributed by atoms with E-state index in [1.54, 1.807) is 31.2 Å². The van der Waals surface area contributed by atoms with Crippen LogP contribution >= 0.6 is 0 Å². The molecule has 8 heteroatoms. The van der Waals surface area contributed by atoms with E-state index in [0.717, 1.165) is 0 Å². The Morgan fingerprint density at radius 1 is 0.767 bits per heavy atom. The summed E-state index contributed by atoms with van der Waals surface area (Å²) >= 11 is 0. The van der Waals surface area contributed by atoms with Crippen LogP contribution in [0.1, 0.15) is 36.5 Å². The van der Waals surface area contributed by atoms with E-state index in [9.17, 15) is 19.2 Å². The second-order valence-electron chi connectivity index (χ2n) is 6.27. The molecule has 8 nitrogen and oxygen atoms in total. The molecule has 0 fully saturated rings. The van der Waals surface area contributed by atoms with E-state index in [4.69, 9.17) is 9.47 Å². The van der Waals surface area contributed by atoms with Crippen molar-refractivity contribution in [1.82, 2.24) is 0 Å². The number of anilines is 2. The van der Waals surface area contributed by atoms with Gasteiger partial charge in [-0.25, -0.2) is 4.79 Å². The van der Waals surface area contributed by atoms with Gasteiger partial charge in [0.15, 0.2) is 6.61 Å². The van der Waals surface area contributed by atoms with Crippen LogP contribution in [-0.4, -0.2) is 37.0 Å². The highest BCUT2D eigenvalue weighted by molar-refractivity contribution is 5.94. The number of amides is 2. The third kappa shape index (κ3) is 8.14. The summed E-state index contributed by atoms with van der Waals surface area (Å²) in [6, 6.07) is 15.2. The quantitative estimate of drug-likeness (QED) is 0.580. The van der Waals surface area contributed by atoms with Gasteiger partial charge < -0.3 is 20.1 Å². The van der Waals surface area contributed by atoms with Gasteiger partial charge in [0, 0.05) is 24.2 Å². The Morgan fingerprint density at radius 2 is 1.40 bits per heavy atom. The first-order valence-electron chi connectivity index (χ1n) is 9.55. The third-order valence-electron chi connectivity index (χ3n) is 3.89. The lowest BCUT2D eigenvalue weighted by molar-refractivity contribution is -0.147. The highest BCUT2D eigenvalue weighted by atomic mass is 16.5. The molecule has 0 heterocycles. The average Bonchev–Trinajstić information content (AvgIpc) is 2.73. The Hall–Kier alpha value is -3.68. The van der Waals surface area contributed by atoms with E-state index in [1.807, 2.05) is 18.2 Å². The van der Waals surface area contributed by atoms with Crippen LogP contribution in [0, 0.1) is 0 Å². The number of carbonyl (C=O) groups is 4. The predicted molar refractivity (Wildman–Crippen MR) is 111 cm³/mol. The zero-order valence-corrected chi connectivity index (χ0v) is 16.7. The minimum atomic E-state index is -0.560. The molecular formula is C22H24N2O6. The molecule has 0 aliphatic carbocycles. The Balaban J connectivity index is 1.63. The second-order valence-corrected chi connectivity index (χ2v) is 6.27. The molecule has 0 radical (unpaired) electrons. The van der Waals surface area contributed by atoms with Crippen LogP contribution in [0.25, 0.3) is 0 Å². The van der Waals surface area contributed by atoms with Crippen molar-refractivity contribution in [1.29, 1.82) is 0 Å². The number of esters is 2. The van der Waals surface area contributed by atoms with E-state index in [-0.39, 0.29) is 25.4 Å². The summed E-state index contributed by atoms with van der Waals surface area (Å²) < 4.78 is 9.79. The monoisotopic (exact) mass is 412 g/mol. The van der Waals surface area contributed by atoms with Gasteiger partial charge in [-0.15, -0.1) is 0 Å². The van der Waals surface area contributed by atoms with Gasteiger partial charge in [-0.3, -0.25) is 14.4 Å². The van der Waals surface area contributed by atoms with Crippen molar-refractivity contribution in [2.24, 2.45) is 0 Å². The third-order valence-corrected chi connectivity index (χ3v) is 3.89. The van der Waals surface area contributed by atoms with Crippen LogP contribution < -0.4 is 10.6 Å². The van der Waals surface area contributed by atoms with E-state index >= 15 is 0 Å². The molecule has 30 heavy (non-hydrogen) atoms. The second kappa shape index (κ2) is 12.0. The normalized spacial score (nSPS) is 10.0. The fourth-order valence-electron chi connectivity index (χ4n) is 2.46. The predicted octanol–water partition coefficient (Wildman–Crippen LogP) is 3.15. The molecule has 0 spiro atoms. The van der Waals surface area contributed by atoms with Crippen LogP contribution in [0.15, 0.2) is 54.6 Å². The standard InChI is InChI=1S/C22H24N2O6/c1-2-29-22(28)16-11-13-18(14-12-16)24-20(26)15-30-21(27)10-6-9-19(25)23-17-7-4-3-5-8-17/h3-5,7-8,11-14H,2,6,9-10,15H2,1H3,(H,23,25)(H,24,26). The summed E-state index contributed by atoms with van der Waals surface area (Å²) in [4.78, 5) is 47.0. The highest BCUT2D eigenvalue weighted by Crippen LogP contribution is 2.11. The number of rotatable bonds is 10. The number of carbonyl (C=O) groups excluding carboxylic acids is 4. The van der Waals surface area contributed by atoms with Crippen molar-refractivity contribution in [2.75, 3.05) is 23.8 Å². The molecule has 0 unspecified atom stereocenters. The Bertz CT molecular complexity index is 865. The number of ether oxygens (including phenoxy) is 2. The first kappa shape index (κ1) is 22.6. The number of hydrogen-bond acceptors (Lipinski definition) is 6. The van der Waals surface area contributed by atoms with E-state index in [1.165, 1.54) is 12.1 Å². The molecule has 0 saturated heterocycles.